The van der Waals surface area contributed by atoms with Crippen LogP contribution in [0.3, 0.4) is 0 Å². The fourth-order valence-corrected chi connectivity index (χ4v) is 2.61. The van der Waals surface area contributed by atoms with Crippen molar-refractivity contribution >= 4 is 5.78 Å². The highest BCUT2D eigenvalue weighted by atomic mass is 16.5. The fraction of sp³-hybridized carbons (Fsp3) is 0.632. The maximum Gasteiger partial charge on any atom is 0.129 e. The maximum atomic E-state index is 11.3. The Balaban J connectivity index is 3.28. The maximum absolute atomic E-state index is 11.3. The van der Waals surface area contributed by atoms with E-state index in [2.05, 4.69) is 46.8 Å². The summed E-state index contributed by atoms with van der Waals surface area (Å²) in [5, 5.41) is 0. The summed E-state index contributed by atoms with van der Waals surface area (Å²) in [6, 6.07) is 4.44. The SMILES string of the molecule is CCOc1c(C(C)CCC(C)=O)cc(C)cc1C(C)(C)C. The predicted molar refractivity (Wildman–Crippen MR) is 89.4 cm³/mol. The van der Waals surface area contributed by atoms with Crippen LogP contribution < -0.4 is 4.74 Å². The van der Waals surface area contributed by atoms with E-state index < -0.39 is 0 Å². The lowest BCUT2D eigenvalue weighted by molar-refractivity contribution is -0.117. The van der Waals surface area contributed by atoms with E-state index in [9.17, 15) is 4.79 Å². The van der Waals surface area contributed by atoms with E-state index >= 15 is 0 Å². The Morgan fingerprint density at radius 1 is 1.29 bits per heavy atom. The molecule has 0 aromatic heterocycles. The van der Waals surface area contributed by atoms with Crippen molar-refractivity contribution in [3.63, 3.8) is 0 Å². The Morgan fingerprint density at radius 3 is 2.38 bits per heavy atom. The Labute approximate surface area is 129 Å². The number of hydrogen-bond acceptors (Lipinski definition) is 2. The number of ketones is 1. The van der Waals surface area contributed by atoms with Crippen LogP contribution in [0.4, 0.5) is 0 Å². The summed E-state index contributed by atoms with van der Waals surface area (Å²) in [4.78, 5) is 11.3. The molecule has 2 nitrogen and oxygen atoms in total. The van der Waals surface area contributed by atoms with E-state index in [-0.39, 0.29) is 11.2 Å². The Kier molecular flexibility index (Phi) is 6.00. The van der Waals surface area contributed by atoms with Gasteiger partial charge in [0, 0.05) is 12.0 Å². The molecule has 118 valence electrons. The van der Waals surface area contributed by atoms with Gasteiger partial charge in [0.2, 0.25) is 0 Å². The molecular weight excluding hydrogens is 260 g/mol. The standard InChI is InChI=1S/C19H30O2/c1-8-21-18-16(14(3)9-10-15(4)20)11-13(2)12-17(18)19(5,6)7/h11-12,14H,8-10H2,1-7H3. The molecule has 21 heavy (non-hydrogen) atoms. The first kappa shape index (κ1) is 17.7. The van der Waals surface area contributed by atoms with Crippen LogP contribution in [0.15, 0.2) is 12.1 Å². The van der Waals surface area contributed by atoms with E-state index in [1.54, 1.807) is 6.92 Å². The highest BCUT2D eigenvalue weighted by Crippen LogP contribution is 2.39. The molecule has 0 amide bonds. The second-order valence-electron chi connectivity index (χ2n) is 7.06. The number of Topliss-reactive ketones (excluding diaryl/α,β-unsaturated/α-hetero) is 1. The zero-order chi connectivity index (χ0) is 16.2. The van der Waals surface area contributed by atoms with Crippen molar-refractivity contribution in [1.82, 2.24) is 0 Å². The molecule has 0 aliphatic heterocycles. The van der Waals surface area contributed by atoms with E-state index in [0.717, 1.165) is 12.2 Å². The molecule has 0 saturated heterocycles. The molecule has 1 atom stereocenters. The molecule has 0 aliphatic rings. The molecular formula is C19H30O2. The van der Waals surface area contributed by atoms with Crippen LogP contribution >= 0.6 is 0 Å². The second kappa shape index (κ2) is 7.11. The number of benzene rings is 1. The van der Waals surface area contributed by atoms with Crippen LogP contribution in [0.1, 0.15) is 77.0 Å². The minimum Gasteiger partial charge on any atom is -0.493 e. The van der Waals surface area contributed by atoms with Gasteiger partial charge in [-0.2, -0.15) is 0 Å². The van der Waals surface area contributed by atoms with Gasteiger partial charge in [-0.3, -0.25) is 0 Å². The highest BCUT2D eigenvalue weighted by Gasteiger charge is 2.24. The third-order valence-corrected chi connectivity index (χ3v) is 3.82. The smallest absolute Gasteiger partial charge is 0.129 e. The Hall–Kier alpha value is -1.31. The highest BCUT2D eigenvalue weighted by molar-refractivity contribution is 5.75. The summed E-state index contributed by atoms with van der Waals surface area (Å²) >= 11 is 0. The topological polar surface area (TPSA) is 26.3 Å². The van der Waals surface area contributed by atoms with Crippen molar-refractivity contribution in [2.24, 2.45) is 0 Å². The molecule has 0 spiro atoms. The first-order chi connectivity index (χ1) is 9.66. The van der Waals surface area contributed by atoms with Crippen LogP contribution in [0, 0.1) is 6.92 Å². The lowest BCUT2D eigenvalue weighted by Crippen LogP contribution is -2.16. The third kappa shape index (κ3) is 4.87. The van der Waals surface area contributed by atoms with E-state index in [0.29, 0.717) is 18.9 Å². The normalized spacial score (nSPS) is 13.1. The summed E-state index contributed by atoms with van der Waals surface area (Å²) in [7, 11) is 0. The molecule has 1 aromatic rings. The molecule has 0 heterocycles. The van der Waals surface area contributed by atoms with Crippen molar-refractivity contribution in [2.45, 2.75) is 72.6 Å². The molecule has 0 aliphatic carbocycles. The van der Waals surface area contributed by atoms with Crippen LogP contribution in [0.2, 0.25) is 0 Å². The summed E-state index contributed by atoms with van der Waals surface area (Å²) in [6.07, 6.45) is 1.51. The van der Waals surface area contributed by atoms with Gasteiger partial charge in [-0.15, -0.1) is 0 Å². The van der Waals surface area contributed by atoms with Crippen LogP contribution in [-0.2, 0) is 10.2 Å². The van der Waals surface area contributed by atoms with Crippen molar-refractivity contribution in [3.8, 4) is 5.75 Å². The number of rotatable bonds is 6. The summed E-state index contributed by atoms with van der Waals surface area (Å²) in [5.74, 6) is 1.60. The number of ether oxygens (including phenoxy) is 1. The van der Waals surface area contributed by atoms with Crippen molar-refractivity contribution in [1.29, 1.82) is 0 Å². The second-order valence-corrected chi connectivity index (χ2v) is 7.06. The molecule has 0 N–H and O–H groups in total. The van der Waals surface area contributed by atoms with Gasteiger partial charge in [0.1, 0.15) is 11.5 Å². The Bertz CT molecular complexity index is 495. The van der Waals surface area contributed by atoms with Crippen LogP contribution in [0.5, 0.6) is 5.75 Å². The molecule has 1 unspecified atom stereocenters. The van der Waals surface area contributed by atoms with Crippen LogP contribution in [-0.4, -0.2) is 12.4 Å². The minimum atomic E-state index is 0.0472. The monoisotopic (exact) mass is 290 g/mol. The average molecular weight is 290 g/mol. The zero-order valence-electron chi connectivity index (χ0n) is 14.7. The molecule has 0 fully saturated rings. The van der Waals surface area contributed by atoms with Crippen molar-refractivity contribution in [2.75, 3.05) is 6.61 Å². The van der Waals surface area contributed by atoms with Gasteiger partial charge >= 0.3 is 0 Å². The van der Waals surface area contributed by atoms with E-state index in [4.69, 9.17) is 4.74 Å². The third-order valence-electron chi connectivity index (χ3n) is 3.82. The van der Waals surface area contributed by atoms with Gasteiger partial charge in [0.05, 0.1) is 6.61 Å². The molecule has 0 saturated carbocycles. The van der Waals surface area contributed by atoms with Gasteiger partial charge in [-0.1, -0.05) is 45.4 Å². The molecule has 0 bridgehead atoms. The lowest BCUT2D eigenvalue weighted by Gasteiger charge is -2.27. The Morgan fingerprint density at radius 2 is 1.90 bits per heavy atom. The van der Waals surface area contributed by atoms with Crippen molar-refractivity contribution in [3.05, 3.63) is 28.8 Å². The number of aryl methyl sites for hydroxylation is 1. The molecule has 2 heteroatoms. The molecule has 1 rings (SSSR count). The predicted octanol–water partition coefficient (Wildman–Crippen LogP) is 5.16. The zero-order valence-corrected chi connectivity index (χ0v) is 14.7. The summed E-state index contributed by atoms with van der Waals surface area (Å²) < 4.78 is 5.99. The molecule has 0 radical (unpaired) electrons. The fourth-order valence-electron chi connectivity index (χ4n) is 2.61. The van der Waals surface area contributed by atoms with Crippen molar-refractivity contribution < 1.29 is 9.53 Å². The van der Waals surface area contributed by atoms with Gasteiger partial charge in [0.25, 0.3) is 0 Å². The summed E-state index contributed by atoms with van der Waals surface area (Å²) in [6.45, 7) is 15.3. The van der Waals surface area contributed by atoms with E-state index in [1.807, 2.05) is 6.92 Å². The lowest BCUT2D eigenvalue weighted by atomic mass is 9.81. The first-order valence-electron chi connectivity index (χ1n) is 7.94. The van der Waals surface area contributed by atoms with Gasteiger partial charge in [0.15, 0.2) is 0 Å². The first-order valence-corrected chi connectivity index (χ1v) is 7.94. The quantitative estimate of drug-likeness (QED) is 0.723. The summed E-state index contributed by atoms with van der Waals surface area (Å²) in [5.41, 5.74) is 3.80. The average Bonchev–Trinajstić information content (AvgIpc) is 2.36. The number of carbonyl (C=O) groups is 1. The van der Waals surface area contributed by atoms with Gasteiger partial charge in [-0.25, -0.2) is 0 Å². The van der Waals surface area contributed by atoms with E-state index in [1.165, 1.54) is 16.7 Å². The van der Waals surface area contributed by atoms with Crippen LogP contribution in [0.25, 0.3) is 0 Å². The minimum absolute atomic E-state index is 0.0472. The number of hydrogen-bond donors (Lipinski definition) is 0. The number of carbonyl (C=O) groups excluding carboxylic acids is 1. The van der Waals surface area contributed by atoms with Gasteiger partial charge in [-0.05, 0) is 44.1 Å². The largest absolute Gasteiger partial charge is 0.493 e. The molecule has 1 aromatic carbocycles. The van der Waals surface area contributed by atoms with Gasteiger partial charge < -0.3 is 9.53 Å².